The molecule has 7 heteroatoms. The van der Waals surface area contributed by atoms with E-state index < -0.39 is 23.7 Å². The number of aliphatic hydroxyl groups is 1. The van der Waals surface area contributed by atoms with Gasteiger partial charge in [0.25, 0.3) is 0 Å². The second kappa shape index (κ2) is 7.61. The third-order valence-corrected chi connectivity index (χ3v) is 3.32. The molecule has 0 aromatic heterocycles. The van der Waals surface area contributed by atoms with Gasteiger partial charge < -0.3 is 26.2 Å². The summed E-state index contributed by atoms with van der Waals surface area (Å²) in [4.78, 5) is 22.5. The molecular formula is C14H27N3O4. The van der Waals surface area contributed by atoms with Crippen molar-refractivity contribution >= 4 is 12.0 Å². The molecule has 2 amide bonds. The SMILES string of the molecule is CC(C)(C)OC(=O)NC1CCCC(NCC(O)C(N)=O)C1. The number of alkyl carbamates (subject to hydrolysis) is 1. The lowest BCUT2D eigenvalue weighted by Crippen LogP contribution is -2.48. The van der Waals surface area contributed by atoms with E-state index in [1.165, 1.54) is 0 Å². The lowest BCUT2D eigenvalue weighted by Gasteiger charge is -2.31. The van der Waals surface area contributed by atoms with Gasteiger partial charge in [0.15, 0.2) is 0 Å². The van der Waals surface area contributed by atoms with Gasteiger partial charge in [-0.3, -0.25) is 4.79 Å². The quantitative estimate of drug-likeness (QED) is 0.581. The Morgan fingerprint density at radius 3 is 2.52 bits per heavy atom. The van der Waals surface area contributed by atoms with E-state index in [1.54, 1.807) is 0 Å². The Hall–Kier alpha value is -1.34. The smallest absolute Gasteiger partial charge is 0.407 e. The van der Waals surface area contributed by atoms with Crippen LogP contribution in [0.1, 0.15) is 46.5 Å². The van der Waals surface area contributed by atoms with Crippen molar-refractivity contribution in [2.24, 2.45) is 5.73 Å². The minimum Gasteiger partial charge on any atom is -0.444 e. The monoisotopic (exact) mass is 301 g/mol. The van der Waals surface area contributed by atoms with Crippen molar-refractivity contribution in [3.63, 3.8) is 0 Å². The first-order valence-electron chi connectivity index (χ1n) is 7.37. The summed E-state index contributed by atoms with van der Waals surface area (Å²) in [7, 11) is 0. The van der Waals surface area contributed by atoms with Gasteiger partial charge in [-0.1, -0.05) is 0 Å². The molecule has 3 unspecified atom stereocenters. The molecule has 0 saturated heterocycles. The van der Waals surface area contributed by atoms with E-state index in [2.05, 4.69) is 10.6 Å². The topological polar surface area (TPSA) is 114 Å². The lowest BCUT2D eigenvalue weighted by atomic mass is 9.91. The van der Waals surface area contributed by atoms with Gasteiger partial charge >= 0.3 is 6.09 Å². The number of primary amides is 1. The van der Waals surface area contributed by atoms with Crippen molar-refractivity contribution < 1.29 is 19.4 Å². The molecule has 0 aromatic carbocycles. The standard InChI is InChI=1S/C14H27N3O4/c1-14(2,3)21-13(20)17-10-6-4-5-9(7-10)16-8-11(18)12(15)19/h9-11,16,18H,4-8H2,1-3H3,(H2,15,19)(H,17,20). The average Bonchev–Trinajstić information content (AvgIpc) is 2.33. The van der Waals surface area contributed by atoms with Crippen LogP contribution in [-0.4, -0.2) is 47.4 Å². The highest BCUT2D eigenvalue weighted by molar-refractivity contribution is 5.78. The Bertz CT molecular complexity index is 368. The maximum absolute atomic E-state index is 11.7. The van der Waals surface area contributed by atoms with Crippen LogP contribution in [0.4, 0.5) is 4.79 Å². The minimum absolute atomic E-state index is 0.0387. The van der Waals surface area contributed by atoms with Crippen LogP contribution in [-0.2, 0) is 9.53 Å². The molecule has 0 bridgehead atoms. The largest absolute Gasteiger partial charge is 0.444 e. The van der Waals surface area contributed by atoms with Gasteiger partial charge in [-0.2, -0.15) is 0 Å². The number of aliphatic hydroxyl groups excluding tert-OH is 1. The van der Waals surface area contributed by atoms with Crippen LogP contribution in [0.5, 0.6) is 0 Å². The fourth-order valence-corrected chi connectivity index (χ4v) is 2.36. The Labute approximate surface area is 125 Å². The number of ether oxygens (including phenoxy) is 1. The van der Waals surface area contributed by atoms with Crippen molar-refractivity contribution in [3.8, 4) is 0 Å². The van der Waals surface area contributed by atoms with Gasteiger partial charge in [0.2, 0.25) is 5.91 Å². The number of nitrogens with one attached hydrogen (secondary N) is 2. The van der Waals surface area contributed by atoms with E-state index in [0.29, 0.717) is 0 Å². The van der Waals surface area contributed by atoms with Crippen molar-refractivity contribution in [1.29, 1.82) is 0 Å². The van der Waals surface area contributed by atoms with Gasteiger partial charge in [0, 0.05) is 18.6 Å². The maximum Gasteiger partial charge on any atom is 0.407 e. The number of amides is 2. The van der Waals surface area contributed by atoms with Gasteiger partial charge in [-0.15, -0.1) is 0 Å². The predicted octanol–water partition coefficient (Wildman–Crippen LogP) is 0.258. The highest BCUT2D eigenvalue weighted by Crippen LogP contribution is 2.19. The van der Waals surface area contributed by atoms with E-state index in [4.69, 9.17) is 10.5 Å². The second-order valence-corrected chi connectivity index (χ2v) is 6.53. The third kappa shape index (κ3) is 7.29. The molecule has 0 aliphatic heterocycles. The molecule has 1 saturated carbocycles. The molecule has 7 nitrogen and oxygen atoms in total. The van der Waals surface area contributed by atoms with Crippen molar-refractivity contribution in [3.05, 3.63) is 0 Å². The zero-order valence-electron chi connectivity index (χ0n) is 13.0. The van der Waals surface area contributed by atoms with Crippen molar-refractivity contribution in [2.75, 3.05) is 6.54 Å². The Balaban J connectivity index is 2.35. The summed E-state index contributed by atoms with van der Waals surface area (Å²) >= 11 is 0. The molecule has 21 heavy (non-hydrogen) atoms. The van der Waals surface area contributed by atoms with Crippen molar-refractivity contribution in [2.45, 2.75) is 70.2 Å². The summed E-state index contributed by atoms with van der Waals surface area (Å²) in [6.45, 7) is 5.61. The molecule has 1 aliphatic carbocycles. The molecule has 0 radical (unpaired) electrons. The third-order valence-electron chi connectivity index (χ3n) is 3.32. The van der Waals surface area contributed by atoms with E-state index in [9.17, 15) is 14.7 Å². The molecule has 5 N–H and O–H groups in total. The lowest BCUT2D eigenvalue weighted by molar-refractivity contribution is -0.125. The molecule has 3 atom stereocenters. The van der Waals surface area contributed by atoms with E-state index in [1.807, 2.05) is 20.8 Å². The first-order chi connectivity index (χ1) is 9.67. The summed E-state index contributed by atoms with van der Waals surface area (Å²) in [5, 5.41) is 15.3. The van der Waals surface area contributed by atoms with Crippen LogP contribution in [0.25, 0.3) is 0 Å². The minimum atomic E-state index is -1.18. The predicted molar refractivity (Wildman–Crippen MR) is 78.6 cm³/mol. The summed E-state index contributed by atoms with van der Waals surface area (Å²) in [6.07, 6.45) is 1.96. The van der Waals surface area contributed by atoms with Gasteiger partial charge in [-0.25, -0.2) is 4.79 Å². The van der Waals surface area contributed by atoms with Gasteiger partial charge in [0.05, 0.1) is 0 Å². The summed E-state index contributed by atoms with van der Waals surface area (Å²) in [5.41, 5.74) is 4.49. The summed E-state index contributed by atoms with van der Waals surface area (Å²) < 4.78 is 5.23. The van der Waals surface area contributed by atoms with Crippen molar-refractivity contribution in [1.82, 2.24) is 10.6 Å². The van der Waals surface area contributed by atoms with E-state index in [-0.39, 0.29) is 18.6 Å². The highest BCUT2D eigenvalue weighted by Gasteiger charge is 2.26. The van der Waals surface area contributed by atoms with Gasteiger partial charge in [-0.05, 0) is 46.5 Å². The maximum atomic E-state index is 11.7. The van der Waals surface area contributed by atoms with Crippen LogP contribution in [0.15, 0.2) is 0 Å². The van der Waals surface area contributed by atoms with Gasteiger partial charge in [0.1, 0.15) is 11.7 Å². The normalized spacial score (nSPS) is 24.2. The summed E-state index contributed by atoms with van der Waals surface area (Å²) in [6, 6.07) is 0.185. The van der Waals surface area contributed by atoms with Crippen LogP contribution in [0, 0.1) is 0 Å². The first-order valence-corrected chi connectivity index (χ1v) is 7.37. The van der Waals surface area contributed by atoms with E-state index >= 15 is 0 Å². The van der Waals surface area contributed by atoms with Crippen LogP contribution < -0.4 is 16.4 Å². The number of nitrogens with two attached hydrogens (primary N) is 1. The Morgan fingerprint density at radius 2 is 1.95 bits per heavy atom. The fourth-order valence-electron chi connectivity index (χ4n) is 2.36. The zero-order valence-corrected chi connectivity index (χ0v) is 13.0. The molecule has 122 valence electrons. The van der Waals surface area contributed by atoms with E-state index in [0.717, 1.165) is 25.7 Å². The molecule has 1 rings (SSSR count). The average molecular weight is 301 g/mol. The Kier molecular flexibility index (Phi) is 6.42. The highest BCUT2D eigenvalue weighted by atomic mass is 16.6. The summed E-state index contributed by atoms with van der Waals surface area (Å²) in [5.74, 6) is -0.735. The van der Waals surface area contributed by atoms with Crippen LogP contribution in [0.3, 0.4) is 0 Å². The Morgan fingerprint density at radius 1 is 1.33 bits per heavy atom. The first kappa shape index (κ1) is 17.7. The molecule has 0 heterocycles. The van der Waals surface area contributed by atoms with Crippen LogP contribution in [0.2, 0.25) is 0 Å². The number of rotatable bonds is 5. The molecule has 1 fully saturated rings. The molecule has 0 aromatic rings. The molecular weight excluding hydrogens is 274 g/mol. The number of carbonyl (C=O) groups excluding carboxylic acids is 2. The number of hydrogen-bond acceptors (Lipinski definition) is 5. The number of carbonyl (C=O) groups is 2. The fraction of sp³-hybridized carbons (Fsp3) is 0.857. The zero-order chi connectivity index (χ0) is 16.0. The molecule has 0 spiro atoms. The second-order valence-electron chi connectivity index (χ2n) is 6.53. The molecule has 1 aliphatic rings. The number of hydrogen-bond donors (Lipinski definition) is 4. The van der Waals surface area contributed by atoms with Crippen LogP contribution >= 0.6 is 0 Å².